The molecule has 0 radical (unpaired) electrons. The molecule has 0 N–H and O–H groups in total. The summed E-state index contributed by atoms with van der Waals surface area (Å²) in [6, 6.07) is 3.70. The summed E-state index contributed by atoms with van der Waals surface area (Å²) in [6.45, 7) is 3.78. The van der Waals surface area contributed by atoms with Gasteiger partial charge in [0.05, 0.1) is 0 Å². The van der Waals surface area contributed by atoms with Gasteiger partial charge in [0.2, 0.25) is 0 Å². The Balaban J connectivity index is 2.48. The third-order valence-corrected chi connectivity index (χ3v) is 2.99. The van der Waals surface area contributed by atoms with Crippen molar-refractivity contribution in [3.8, 4) is 11.6 Å². The fourth-order valence-corrected chi connectivity index (χ4v) is 1.65. The Bertz CT molecular complexity index is 499. The second-order valence-electron chi connectivity index (χ2n) is 3.37. The van der Waals surface area contributed by atoms with Gasteiger partial charge in [-0.2, -0.15) is 0 Å². The van der Waals surface area contributed by atoms with E-state index in [9.17, 15) is 0 Å². The van der Waals surface area contributed by atoms with Crippen molar-refractivity contribution in [3.05, 3.63) is 33.8 Å². The van der Waals surface area contributed by atoms with Crippen molar-refractivity contribution < 1.29 is 4.42 Å². The molecule has 3 nitrogen and oxygen atoms in total. The Morgan fingerprint density at radius 3 is 2.31 bits per heavy atom. The van der Waals surface area contributed by atoms with Gasteiger partial charge in [0.15, 0.2) is 11.6 Å². The van der Waals surface area contributed by atoms with Gasteiger partial charge in [-0.05, 0) is 19.1 Å². The Kier molecular flexibility index (Phi) is 3.17. The number of aromatic nitrogens is 2. The minimum Gasteiger partial charge on any atom is -0.458 e. The van der Waals surface area contributed by atoms with Crippen LogP contribution in [-0.4, -0.2) is 9.97 Å². The van der Waals surface area contributed by atoms with E-state index in [1.54, 1.807) is 6.92 Å². The van der Waals surface area contributed by atoms with Crippen molar-refractivity contribution >= 4 is 23.2 Å². The maximum Gasteiger partial charge on any atom is 0.198 e. The third kappa shape index (κ3) is 2.06. The van der Waals surface area contributed by atoms with Crippen LogP contribution in [0.4, 0.5) is 0 Å². The van der Waals surface area contributed by atoms with Crippen LogP contribution < -0.4 is 0 Å². The lowest BCUT2D eigenvalue weighted by molar-refractivity contribution is 0.525. The lowest BCUT2D eigenvalue weighted by Gasteiger charge is -2.02. The van der Waals surface area contributed by atoms with Gasteiger partial charge in [-0.15, -0.1) is 0 Å². The minimum atomic E-state index is 0.351. The molecule has 2 heterocycles. The van der Waals surface area contributed by atoms with Crippen molar-refractivity contribution in [3.63, 3.8) is 0 Å². The summed E-state index contributed by atoms with van der Waals surface area (Å²) in [5.41, 5.74) is 0.675. The Morgan fingerprint density at radius 2 is 1.81 bits per heavy atom. The standard InChI is InChI=1S/C11H10Cl2N2O/c1-3-7-4-5-8(16-7)11-14-9(12)6(2)10(13)15-11/h4-5H,3H2,1-2H3. The zero-order valence-corrected chi connectivity index (χ0v) is 10.4. The molecule has 0 saturated heterocycles. The van der Waals surface area contributed by atoms with E-state index in [-0.39, 0.29) is 0 Å². The number of hydrogen-bond acceptors (Lipinski definition) is 3. The first kappa shape index (κ1) is 11.4. The first-order valence-electron chi connectivity index (χ1n) is 4.90. The van der Waals surface area contributed by atoms with Crippen LogP contribution >= 0.6 is 23.2 Å². The SMILES string of the molecule is CCc1ccc(-c2nc(Cl)c(C)c(Cl)n2)o1. The molecule has 0 bridgehead atoms. The quantitative estimate of drug-likeness (QED) is 0.765. The molecule has 0 saturated carbocycles. The van der Waals surface area contributed by atoms with E-state index in [1.165, 1.54) is 0 Å². The van der Waals surface area contributed by atoms with Gasteiger partial charge in [0.1, 0.15) is 16.1 Å². The Labute approximate surface area is 103 Å². The number of nitrogens with zero attached hydrogens (tertiary/aromatic N) is 2. The predicted octanol–water partition coefficient (Wildman–Crippen LogP) is 3.91. The molecule has 0 unspecified atom stereocenters. The summed E-state index contributed by atoms with van der Waals surface area (Å²) in [5, 5.41) is 0.703. The van der Waals surface area contributed by atoms with Gasteiger partial charge in [-0.1, -0.05) is 30.1 Å². The van der Waals surface area contributed by atoms with Crippen LogP contribution in [0.2, 0.25) is 10.3 Å². The molecule has 0 amide bonds. The Morgan fingerprint density at radius 1 is 1.19 bits per heavy atom. The van der Waals surface area contributed by atoms with E-state index in [0.29, 0.717) is 27.5 Å². The zero-order chi connectivity index (χ0) is 11.7. The summed E-state index contributed by atoms with van der Waals surface area (Å²) < 4.78 is 5.53. The average molecular weight is 257 g/mol. The molecule has 84 valence electrons. The Hall–Kier alpha value is -1.06. The molecular formula is C11H10Cl2N2O. The van der Waals surface area contributed by atoms with Gasteiger partial charge in [0, 0.05) is 12.0 Å². The number of aryl methyl sites for hydroxylation is 1. The fourth-order valence-electron chi connectivity index (χ4n) is 1.26. The van der Waals surface area contributed by atoms with E-state index >= 15 is 0 Å². The highest BCUT2D eigenvalue weighted by atomic mass is 35.5. The second kappa shape index (κ2) is 4.44. The largest absolute Gasteiger partial charge is 0.458 e. The molecular weight excluding hydrogens is 247 g/mol. The summed E-state index contributed by atoms with van der Waals surface area (Å²) in [7, 11) is 0. The van der Waals surface area contributed by atoms with Crippen molar-refractivity contribution in [1.29, 1.82) is 0 Å². The van der Waals surface area contributed by atoms with Gasteiger partial charge >= 0.3 is 0 Å². The van der Waals surface area contributed by atoms with Crippen molar-refractivity contribution in [2.75, 3.05) is 0 Å². The monoisotopic (exact) mass is 256 g/mol. The minimum absolute atomic E-state index is 0.351. The van der Waals surface area contributed by atoms with Crippen LogP contribution in [0, 0.1) is 6.92 Å². The zero-order valence-electron chi connectivity index (χ0n) is 8.92. The number of furan rings is 1. The van der Waals surface area contributed by atoms with E-state index < -0.39 is 0 Å². The maximum atomic E-state index is 5.93. The van der Waals surface area contributed by atoms with Crippen molar-refractivity contribution in [1.82, 2.24) is 9.97 Å². The highest BCUT2D eigenvalue weighted by molar-refractivity contribution is 6.34. The molecule has 16 heavy (non-hydrogen) atoms. The molecule has 0 aliphatic carbocycles. The lowest BCUT2D eigenvalue weighted by atomic mass is 10.3. The summed E-state index contributed by atoms with van der Waals surface area (Å²) >= 11 is 11.9. The lowest BCUT2D eigenvalue weighted by Crippen LogP contribution is -1.92. The van der Waals surface area contributed by atoms with Gasteiger partial charge in [-0.3, -0.25) is 0 Å². The summed E-state index contributed by atoms with van der Waals surface area (Å²) in [5.74, 6) is 1.88. The summed E-state index contributed by atoms with van der Waals surface area (Å²) in [6.07, 6.45) is 0.827. The molecule has 0 aromatic carbocycles. The normalized spacial score (nSPS) is 10.8. The predicted molar refractivity (Wildman–Crippen MR) is 63.9 cm³/mol. The molecule has 5 heteroatoms. The summed E-state index contributed by atoms with van der Waals surface area (Å²) in [4.78, 5) is 8.26. The van der Waals surface area contributed by atoms with Crippen molar-refractivity contribution in [2.24, 2.45) is 0 Å². The fraction of sp³-hybridized carbons (Fsp3) is 0.273. The van der Waals surface area contributed by atoms with Crippen LogP contribution in [0.5, 0.6) is 0 Å². The van der Waals surface area contributed by atoms with E-state index in [1.807, 2.05) is 19.1 Å². The van der Waals surface area contributed by atoms with Gasteiger partial charge in [-0.25, -0.2) is 9.97 Å². The molecule has 2 aromatic heterocycles. The average Bonchev–Trinajstić information content (AvgIpc) is 2.73. The van der Waals surface area contributed by atoms with Crippen LogP contribution in [0.15, 0.2) is 16.5 Å². The highest BCUT2D eigenvalue weighted by Crippen LogP contribution is 2.25. The van der Waals surface area contributed by atoms with Crippen LogP contribution in [0.1, 0.15) is 18.2 Å². The van der Waals surface area contributed by atoms with E-state index in [4.69, 9.17) is 27.6 Å². The van der Waals surface area contributed by atoms with E-state index in [0.717, 1.165) is 12.2 Å². The molecule has 2 rings (SSSR count). The smallest absolute Gasteiger partial charge is 0.198 e. The number of halogens is 2. The van der Waals surface area contributed by atoms with Gasteiger partial charge in [0.25, 0.3) is 0 Å². The first-order chi connectivity index (χ1) is 7.61. The van der Waals surface area contributed by atoms with Crippen molar-refractivity contribution in [2.45, 2.75) is 20.3 Å². The van der Waals surface area contributed by atoms with Crippen LogP contribution in [-0.2, 0) is 6.42 Å². The third-order valence-electron chi connectivity index (χ3n) is 2.26. The number of hydrogen-bond donors (Lipinski definition) is 0. The molecule has 2 aromatic rings. The first-order valence-corrected chi connectivity index (χ1v) is 5.66. The molecule has 0 aliphatic heterocycles. The molecule has 0 spiro atoms. The van der Waals surface area contributed by atoms with Crippen LogP contribution in [0.3, 0.4) is 0 Å². The maximum absolute atomic E-state index is 5.93. The topological polar surface area (TPSA) is 38.9 Å². The van der Waals surface area contributed by atoms with Crippen LogP contribution in [0.25, 0.3) is 11.6 Å². The van der Waals surface area contributed by atoms with Gasteiger partial charge < -0.3 is 4.42 Å². The van der Waals surface area contributed by atoms with E-state index in [2.05, 4.69) is 9.97 Å². The number of rotatable bonds is 2. The molecule has 0 fully saturated rings. The highest BCUT2D eigenvalue weighted by Gasteiger charge is 2.12. The molecule has 0 aliphatic rings. The molecule has 0 atom stereocenters. The second-order valence-corrected chi connectivity index (χ2v) is 4.09.